The van der Waals surface area contributed by atoms with Crippen LogP contribution >= 0.6 is 0 Å². The highest BCUT2D eigenvalue weighted by atomic mass is 16.5. The molecule has 31 heavy (non-hydrogen) atoms. The van der Waals surface area contributed by atoms with Gasteiger partial charge in [0.05, 0.1) is 12.7 Å². The Labute approximate surface area is 178 Å². The highest BCUT2D eigenvalue weighted by molar-refractivity contribution is 5.74. The summed E-state index contributed by atoms with van der Waals surface area (Å²) in [5.74, 6) is 1.24. The molecule has 4 aromatic rings. The highest BCUT2D eigenvalue weighted by Gasteiger charge is 2.17. The van der Waals surface area contributed by atoms with Crippen LogP contribution in [0, 0.1) is 0 Å². The number of carbonyl (C=O) groups excluding carboxylic acids is 1. The largest absolute Gasteiger partial charge is 0.411 e. The molecule has 0 atom stereocenters. The van der Waals surface area contributed by atoms with Gasteiger partial charge in [-0.15, -0.1) is 0 Å². The van der Waals surface area contributed by atoms with Crippen LogP contribution in [0.5, 0.6) is 5.75 Å². The van der Waals surface area contributed by atoms with Gasteiger partial charge in [-0.2, -0.15) is 0 Å². The van der Waals surface area contributed by atoms with Gasteiger partial charge in [-0.3, -0.25) is 9.13 Å². The molecule has 1 amide bonds. The van der Waals surface area contributed by atoms with Crippen LogP contribution in [0.4, 0.5) is 4.79 Å². The second-order valence-corrected chi connectivity index (χ2v) is 7.64. The quantitative estimate of drug-likeness (QED) is 0.536. The van der Waals surface area contributed by atoms with Crippen LogP contribution in [-0.4, -0.2) is 25.2 Å². The first-order valence-corrected chi connectivity index (χ1v) is 9.93. The molecule has 0 spiro atoms. The van der Waals surface area contributed by atoms with Gasteiger partial charge >= 0.3 is 11.8 Å². The average molecular weight is 417 g/mol. The first-order valence-electron chi connectivity index (χ1n) is 9.93. The van der Waals surface area contributed by atoms with Crippen LogP contribution in [0.1, 0.15) is 30.9 Å². The molecule has 4 rings (SSSR count). The van der Waals surface area contributed by atoms with E-state index < -0.39 is 6.09 Å². The van der Waals surface area contributed by atoms with Crippen LogP contribution in [0.3, 0.4) is 0 Å². The number of nitrogens with zero attached hydrogens (tertiary/aromatic N) is 4. The summed E-state index contributed by atoms with van der Waals surface area (Å²) in [7, 11) is 1.70. The number of hydrogen-bond acceptors (Lipinski definition) is 5. The number of aryl methyl sites for hydroxylation is 1. The van der Waals surface area contributed by atoms with E-state index in [2.05, 4.69) is 24.9 Å². The summed E-state index contributed by atoms with van der Waals surface area (Å²) >= 11 is 0. The fourth-order valence-corrected chi connectivity index (χ4v) is 3.61. The standard InChI is InChI=1S/C23H23N5O3/c1-14(2)17-6-4-5-7-18(17)20-25-12-19-21(26-20)28(23(30)27(19)3)13-15-8-10-16(11-9-15)31-22(24)29/h4-12,14H,13H2,1-3H3,(H2,24,29). The van der Waals surface area contributed by atoms with Gasteiger partial charge in [0.15, 0.2) is 11.5 Å². The number of ether oxygens (including phenoxy) is 1. The lowest BCUT2D eigenvalue weighted by Crippen LogP contribution is -2.23. The third kappa shape index (κ3) is 3.92. The third-order valence-corrected chi connectivity index (χ3v) is 5.19. The second kappa shape index (κ2) is 8.06. The van der Waals surface area contributed by atoms with Gasteiger partial charge in [-0.05, 0) is 29.2 Å². The van der Waals surface area contributed by atoms with Crippen LogP contribution in [0.2, 0.25) is 0 Å². The number of nitrogens with two attached hydrogens (primary N) is 1. The second-order valence-electron chi connectivity index (χ2n) is 7.64. The van der Waals surface area contributed by atoms with E-state index >= 15 is 0 Å². The Morgan fingerprint density at radius 3 is 2.52 bits per heavy atom. The van der Waals surface area contributed by atoms with Crippen molar-refractivity contribution < 1.29 is 9.53 Å². The van der Waals surface area contributed by atoms with Gasteiger partial charge in [-0.1, -0.05) is 50.2 Å². The fourth-order valence-electron chi connectivity index (χ4n) is 3.61. The lowest BCUT2D eigenvalue weighted by atomic mass is 9.97. The molecular formula is C23H23N5O3. The van der Waals surface area contributed by atoms with Crippen molar-refractivity contribution in [3.05, 3.63) is 76.3 Å². The molecule has 2 aromatic heterocycles. The zero-order valence-electron chi connectivity index (χ0n) is 17.6. The minimum atomic E-state index is -0.871. The summed E-state index contributed by atoms with van der Waals surface area (Å²) in [6, 6.07) is 14.9. The Balaban J connectivity index is 1.78. The Hall–Kier alpha value is -3.94. The van der Waals surface area contributed by atoms with Crippen LogP contribution < -0.4 is 16.2 Å². The highest BCUT2D eigenvalue weighted by Crippen LogP contribution is 2.27. The molecule has 0 radical (unpaired) electrons. The molecular weight excluding hydrogens is 394 g/mol. The third-order valence-electron chi connectivity index (χ3n) is 5.19. The van der Waals surface area contributed by atoms with Crippen molar-refractivity contribution in [1.29, 1.82) is 0 Å². The van der Waals surface area contributed by atoms with Gasteiger partial charge in [0.25, 0.3) is 0 Å². The van der Waals surface area contributed by atoms with E-state index in [0.29, 0.717) is 35.2 Å². The molecule has 158 valence electrons. The van der Waals surface area contributed by atoms with Gasteiger partial charge in [-0.25, -0.2) is 19.6 Å². The summed E-state index contributed by atoms with van der Waals surface area (Å²) in [6.45, 7) is 4.57. The van der Waals surface area contributed by atoms with Crippen LogP contribution in [-0.2, 0) is 13.6 Å². The number of hydrogen-bond donors (Lipinski definition) is 1. The maximum absolute atomic E-state index is 12.9. The fraction of sp³-hybridized carbons (Fsp3) is 0.217. The zero-order chi connectivity index (χ0) is 22.1. The minimum Gasteiger partial charge on any atom is -0.411 e. The summed E-state index contributed by atoms with van der Waals surface area (Å²) in [4.78, 5) is 33.1. The first-order chi connectivity index (χ1) is 14.8. The van der Waals surface area contributed by atoms with Crippen molar-refractivity contribution in [2.45, 2.75) is 26.3 Å². The Bertz CT molecular complexity index is 1320. The Morgan fingerprint density at radius 2 is 1.84 bits per heavy atom. The van der Waals surface area contributed by atoms with Crippen molar-refractivity contribution in [2.24, 2.45) is 12.8 Å². The Morgan fingerprint density at radius 1 is 1.13 bits per heavy atom. The number of fused-ring (bicyclic) bond motifs is 1. The maximum Gasteiger partial charge on any atom is 0.409 e. The minimum absolute atomic E-state index is 0.184. The molecule has 0 fully saturated rings. The molecule has 2 aromatic carbocycles. The van der Waals surface area contributed by atoms with Gasteiger partial charge in [0, 0.05) is 12.6 Å². The summed E-state index contributed by atoms with van der Waals surface area (Å²) in [6.07, 6.45) is 0.820. The van der Waals surface area contributed by atoms with E-state index in [1.165, 1.54) is 4.57 Å². The topological polar surface area (TPSA) is 105 Å². The van der Waals surface area contributed by atoms with E-state index in [9.17, 15) is 9.59 Å². The molecule has 0 aliphatic carbocycles. The predicted molar refractivity (Wildman–Crippen MR) is 118 cm³/mol. The number of primary amides is 1. The van der Waals surface area contributed by atoms with Crippen molar-refractivity contribution in [3.63, 3.8) is 0 Å². The van der Waals surface area contributed by atoms with Crippen LogP contribution in [0.15, 0.2) is 59.5 Å². The lowest BCUT2D eigenvalue weighted by molar-refractivity contribution is 0.211. The lowest BCUT2D eigenvalue weighted by Gasteiger charge is -2.11. The predicted octanol–water partition coefficient (Wildman–Crippen LogP) is 3.43. The molecule has 0 unspecified atom stereocenters. The molecule has 2 N–H and O–H groups in total. The first kappa shape index (κ1) is 20.3. The SMILES string of the molecule is CC(C)c1ccccc1-c1ncc2c(n1)n(Cc1ccc(OC(N)=O)cc1)c(=O)n2C. The maximum atomic E-state index is 12.9. The number of aromatic nitrogens is 4. The van der Waals surface area contributed by atoms with Crippen molar-refractivity contribution >= 4 is 17.3 Å². The molecule has 2 heterocycles. The van der Waals surface area contributed by atoms with Crippen molar-refractivity contribution in [1.82, 2.24) is 19.1 Å². The van der Waals surface area contributed by atoms with E-state index in [1.807, 2.05) is 18.2 Å². The van der Waals surface area contributed by atoms with Gasteiger partial charge < -0.3 is 10.5 Å². The molecule has 0 saturated heterocycles. The number of carbonyl (C=O) groups is 1. The molecule has 0 aliphatic heterocycles. The van der Waals surface area contributed by atoms with E-state index in [1.54, 1.807) is 42.1 Å². The number of imidazole rings is 1. The number of rotatable bonds is 5. The molecule has 8 heteroatoms. The van der Waals surface area contributed by atoms with Crippen molar-refractivity contribution in [3.8, 4) is 17.1 Å². The van der Waals surface area contributed by atoms with E-state index in [0.717, 1.165) is 16.7 Å². The van der Waals surface area contributed by atoms with Crippen molar-refractivity contribution in [2.75, 3.05) is 0 Å². The molecule has 8 nitrogen and oxygen atoms in total. The average Bonchev–Trinajstić information content (AvgIpc) is 2.99. The van der Waals surface area contributed by atoms with Gasteiger partial charge in [0.2, 0.25) is 0 Å². The number of amides is 1. The Kier molecular flexibility index (Phi) is 5.29. The molecule has 0 bridgehead atoms. The van der Waals surface area contributed by atoms with Crippen LogP contribution in [0.25, 0.3) is 22.6 Å². The monoisotopic (exact) mass is 417 g/mol. The van der Waals surface area contributed by atoms with E-state index in [4.69, 9.17) is 15.5 Å². The molecule has 0 saturated carbocycles. The number of benzene rings is 2. The summed E-state index contributed by atoms with van der Waals surface area (Å²) in [5, 5.41) is 0. The van der Waals surface area contributed by atoms with E-state index in [-0.39, 0.29) is 5.69 Å². The smallest absolute Gasteiger partial charge is 0.409 e. The summed E-state index contributed by atoms with van der Waals surface area (Å²) < 4.78 is 8.01. The van der Waals surface area contributed by atoms with Gasteiger partial charge in [0.1, 0.15) is 11.3 Å². The zero-order valence-corrected chi connectivity index (χ0v) is 17.6. The molecule has 0 aliphatic rings. The normalized spacial score (nSPS) is 11.2. The summed E-state index contributed by atoms with van der Waals surface area (Å²) in [5.41, 5.74) is 9.03.